The van der Waals surface area contributed by atoms with Crippen molar-refractivity contribution in [3.63, 3.8) is 0 Å². The first kappa shape index (κ1) is 15.8. The zero-order chi connectivity index (χ0) is 17.3. The Balaban J connectivity index is 2.28. The van der Waals surface area contributed by atoms with Gasteiger partial charge in [0.05, 0.1) is 18.4 Å². The minimum absolute atomic E-state index is 0.0851. The summed E-state index contributed by atoms with van der Waals surface area (Å²) >= 11 is 0. The largest absolute Gasteiger partial charge is 0.464 e. The fourth-order valence-corrected chi connectivity index (χ4v) is 3.15. The summed E-state index contributed by atoms with van der Waals surface area (Å²) in [5, 5.41) is 9.23. The molecule has 6 nitrogen and oxygen atoms in total. The smallest absolute Gasteiger partial charge is 0.357 e. The molecule has 1 aromatic heterocycles. The van der Waals surface area contributed by atoms with Crippen LogP contribution in [0.1, 0.15) is 51.2 Å². The molecule has 6 heteroatoms. The van der Waals surface area contributed by atoms with Gasteiger partial charge >= 0.3 is 5.97 Å². The number of ether oxygens (including phenoxy) is 1. The van der Waals surface area contributed by atoms with Gasteiger partial charge in [0, 0.05) is 23.9 Å². The Bertz CT molecular complexity index is 874. The van der Waals surface area contributed by atoms with Crippen LogP contribution < -0.4 is 5.73 Å². The molecule has 1 aliphatic carbocycles. The number of rotatable bonds is 2. The van der Waals surface area contributed by atoms with Crippen LogP contribution in [0.3, 0.4) is 0 Å². The summed E-state index contributed by atoms with van der Waals surface area (Å²) in [5.41, 5.74) is 8.59. The van der Waals surface area contributed by atoms with Gasteiger partial charge in [-0.05, 0) is 30.9 Å². The molecule has 1 aliphatic rings. The number of nitrogen functional groups attached to an aromatic ring is 1. The number of nitrogens with zero attached hydrogens (tertiary/aromatic N) is 2. The molecule has 24 heavy (non-hydrogen) atoms. The van der Waals surface area contributed by atoms with Crippen molar-refractivity contribution in [3.05, 3.63) is 46.8 Å². The molecule has 3 rings (SSSR count). The predicted molar refractivity (Wildman–Crippen MR) is 88.1 cm³/mol. The third-order valence-electron chi connectivity index (χ3n) is 4.34. The second kappa shape index (κ2) is 6.20. The van der Waals surface area contributed by atoms with Crippen LogP contribution >= 0.6 is 0 Å². The number of aromatic nitrogens is 1. The van der Waals surface area contributed by atoms with Crippen LogP contribution in [-0.2, 0) is 11.2 Å². The van der Waals surface area contributed by atoms with Crippen molar-refractivity contribution in [2.45, 2.75) is 25.7 Å². The summed E-state index contributed by atoms with van der Waals surface area (Å²) in [5.74, 6) is -0.517. The van der Waals surface area contributed by atoms with Crippen molar-refractivity contribution in [2.75, 3.05) is 12.8 Å². The highest BCUT2D eigenvalue weighted by Gasteiger charge is 2.25. The van der Waals surface area contributed by atoms with E-state index < -0.39 is 5.97 Å². The molecule has 0 unspecified atom stereocenters. The van der Waals surface area contributed by atoms with Crippen molar-refractivity contribution in [2.24, 2.45) is 0 Å². The maximum Gasteiger partial charge on any atom is 0.357 e. The molecule has 0 spiro atoms. The number of hydrogen-bond donors (Lipinski definition) is 1. The number of Topliss-reactive ketones (excluding diaryl/α,β-unsaturated/α-hetero) is 1. The lowest BCUT2D eigenvalue weighted by molar-refractivity contribution is 0.0593. The number of methoxy groups -OCH3 is 1. The molecule has 2 aromatic rings. The lowest BCUT2D eigenvalue weighted by atomic mass is 10.00. The molecule has 0 amide bonds. The summed E-state index contributed by atoms with van der Waals surface area (Å²) in [4.78, 5) is 24.5. The minimum Gasteiger partial charge on any atom is -0.464 e. The van der Waals surface area contributed by atoms with Crippen molar-refractivity contribution in [3.8, 4) is 11.8 Å². The molecule has 0 atom stereocenters. The molecule has 122 valence electrons. The number of nitrogens with two attached hydrogens (primary N) is 1. The maximum atomic E-state index is 12.3. The lowest BCUT2D eigenvalue weighted by Crippen LogP contribution is -2.13. The van der Waals surface area contributed by atoms with Crippen LogP contribution in [0.2, 0.25) is 0 Å². The topological polar surface area (TPSA) is 98.1 Å². The normalized spacial score (nSPS) is 13.8. The number of nitriles is 1. The first-order valence-electron chi connectivity index (χ1n) is 7.73. The zero-order valence-corrected chi connectivity index (χ0v) is 13.3. The molecule has 0 fully saturated rings. The highest BCUT2D eigenvalue weighted by atomic mass is 16.5. The maximum absolute atomic E-state index is 12.3. The van der Waals surface area contributed by atoms with Crippen LogP contribution in [-0.4, -0.2) is 23.4 Å². The number of hydrogen-bond acceptors (Lipinski definition) is 5. The zero-order valence-electron chi connectivity index (χ0n) is 13.3. The van der Waals surface area contributed by atoms with E-state index in [1.165, 1.54) is 13.3 Å². The second-order valence-corrected chi connectivity index (χ2v) is 5.71. The Hall–Kier alpha value is -3.07. The average molecular weight is 323 g/mol. The van der Waals surface area contributed by atoms with Gasteiger partial charge in [-0.3, -0.25) is 4.79 Å². The highest BCUT2D eigenvalue weighted by molar-refractivity contribution is 5.99. The van der Waals surface area contributed by atoms with E-state index in [0.29, 0.717) is 17.7 Å². The van der Waals surface area contributed by atoms with Gasteiger partial charge in [0.2, 0.25) is 0 Å². The van der Waals surface area contributed by atoms with Gasteiger partial charge in [-0.15, -0.1) is 0 Å². The van der Waals surface area contributed by atoms with Gasteiger partial charge in [0.1, 0.15) is 6.07 Å². The van der Waals surface area contributed by atoms with E-state index >= 15 is 0 Å². The molecular weight excluding hydrogens is 306 g/mol. The van der Waals surface area contributed by atoms with E-state index in [1.807, 2.05) is 18.2 Å². The van der Waals surface area contributed by atoms with Gasteiger partial charge in [-0.2, -0.15) is 5.26 Å². The number of carbonyl (C=O) groups is 2. The Morgan fingerprint density at radius 3 is 2.79 bits per heavy atom. The van der Waals surface area contributed by atoms with Crippen LogP contribution in [0.15, 0.2) is 24.4 Å². The number of benzene rings is 1. The van der Waals surface area contributed by atoms with Crippen molar-refractivity contribution in [1.82, 2.24) is 4.57 Å². The van der Waals surface area contributed by atoms with Crippen molar-refractivity contribution in [1.29, 1.82) is 5.26 Å². The number of fused-ring (bicyclic) bond motifs is 1. The Labute approximate surface area is 139 Å². The molecule has 0 saturated heterocycles. The second-order valence-electron chi connectivity index (χ2n) is 5.71. The van der Waals surface area contributed by atoms with Gasteiger partial charge in [0.15, 0.2) is 11.5 Å². The van der Waals surface area contributed by atoms with E-state index in [9.17, 15) is 14.9 Å². The summed E-state index contributed by atoms with van der Waals surface area (Å²) in [6.07, 6.45) is 4.52. The summed E-state index contributed by atoms with van der Waals surface area (Å²) in [6, 6.07) is 7.40. The summed E-state index contributed by atoms with van der Waals surface area (Å²) < 4.78 is 6.38. The van der Waals surface area contributed by atoms with Gasteiger partial charge in [-0.25, -0.2) is 4.79 Å². The fourth-order valence-electron chi connectivity index (χ4n) is 3.15. The third kappa shape index (κ3) is 2.44. The molecule has 0 radical (unpaired) electrons. The molecule has 1 heterocycles. The Morgan fingerprint density at radius 1 is 1.33 bits per heavy atom. The van der Waals surface area contributed by atoms with Gasteiger partial charge in [0.25, 0.3) is 0 Å². The standard InChI is InChI=1S/C18H17N3O3/c1-24-18(23)17-16(20)11(9-19)10-21(17)14-7-4-6-13-12(14)5-2-3-8-15(13)22/h4,6-7,10H,2-3,5,8,20H2,1H3. The fraction of sp³-hybridized carbons (Fsp3) is 0.278. The van der Waals surface area contributed by atoms with Gasteiger partial charge < -0.3 is 15.0 Å². The van der Waals surface area contributed by atoms with Crippen LogP contribution in [0, 0.1) is 11.3 Å². The van der Waals surface area contributed by atoms with E-state index in [1.54, 1.807) is 10.6 Å². The first-order chi connectivity index (χ1) is 11.6. The van der Waals surface area contributed by atoms with E-state index in [2.05, 4.69) is 0 Å². The third-order valence-corrected chi connectivity index (χ3v) is 4.34. The molecular formula is C18H17N3O3. The van der Waals surface area contributed by atoms with Crippen molar-refractivity contribution < 1.29 is 14.3 Å². The van der Waals surface area contributed by atoms with Gasteiger partial charge in [-0.1, -0.05) is 12.1 Å². The van der Waals surface area contributed by atoms with Crippen LogP contribution in [0.5, 0.6) is 0 Å². The van der Waals surface area contributed by atoms with Crippen LogP contribution in [0.4, 0.5) is 5.69 Å². The van der Waals surface area contributed by atoms with E-state index in [-0.39, 0.29) is 22.7 Å². The number of esters is 1. The number of carbonyl (C=O) groups excluding carboxylic acids is 2. The predicted octanol–water partition coefficient (Wildman–Crippen LogP) is 2.63. The quantitative estimate of drug-likeness (QED) is 0.676. The monoisotopic (exact) mass is 323 g/mol. The summed E-state index contributed by atoms with van der Waals surface area (Å²) in [6.45, 7) is 0. The summed E-state index contributed by atoms with van der Waals surface area (Å²) in [7, 11) is 1.26. The minimum atomic E-state index is -0.619. The molecule has 0 saturated carbocycles. The Kier molecular flexibility index (Phi) is 4.09. The Morgan fingerprint density at radius 2 is 2.08 bits per heavy atom. The van der Waals surface area contributed by atoms with E-state index in [4.69, 9.17) is 10.5 Å². The average Bonchev–Trinajstić information content (AvgIpc) is 2.81. The van der Waals surface area contributed by atoms with Crippen molar-refractivity contribution >= 4 is 17.4 Å². The van der Waals surface area contributed by atoms with Crippen LogP contribution in [0.25, 0.3) is 5.69 Å². The SMILES string of the molecule is COC(=O)c1c(N)c(C#N)cn1-c1cccc2c1CCCCC2=O. The number of ketones is 1. The number of anilines is 1. The molecule has 0 bridgehead atoms. The molecule has 0 aliphatic heterocycles. The molecule has 1 aromatic carbocycles. The lowest BCUT2D eigenvalue weighted by Gasteiger charge is -2.15. The highest BCUT2D eigenvalue weighted by Crippen LogP contribution is 2.31. The van der Waals surface area contributed by atoms with E-state index in [0.717, 1.165) is 24.8 Å². The first-order valence-corrected chi connectivity index (χ1v) is 7.73. The molecule has 2 N–H and O–H groups in total.